The van der Waals surface area contributed by atoms with Crippen molar-refractivity contribution in [2.45, 2.75) is 4.83 Å². The zero-order valence-corrected chi connectivity index (χ0v) is 13.8. The van der Waals surface area contributed by atoms with Crippen molar-refractivity contribution in [2.24, 2.45) is 0 Å². The number of para-hydroxylation sites is 1. The lowest BCUT2D eigenvalue weighted by molar-refractivity contribution is 0.880. The molecule has 19 heavy (non-hydrogen) atoms. The maximum Gasteiger partial charge on any atom is 0.0769 e. The SMILES string of the molecule is Brc1ccc(C(Br)c2cnn(-c3ccccc3)c2)s1. The highest BCUT2D eigenvalue weighted by atomic mass is 79.9. The van der Waals surface area contributed by atoms with Gasteiger partial charge in [0.05, 0.1) is 20.5 Å². The molecule has 0 bridgehead atoms. The van der Waals surface area contributed by atoms with E-state index < -0.39 is 0 Å². The number of rotatable bonds is 3. The van der Waals surface area contributed by atoms with Crippen LogP contribution in [-0.4, -0.2) is 9.78 Å². The summed E-state index contributed by atoms with van der Waals surface area (Å²) < 4.78 is 3.04. The first kappa shape index (κ1) is 13.1. The molecule has 1 atom stereocenters. The smallest absolute Gasteiger partial charge is 0.0769 e. The third-order valence-corrected chi connectivity index (χ3v) is 5.77. The number of hydrogen-bond acceptors (Lipinski definition) is 2. The van der Waals surface area contributed by atoms with Crippen LogP contribution >= 0.6 is 43.2 Å². The molecular formula is C14H10Br2N2S. The second kappa shape index (κ2) is 5.61. The largest absolute Gasteiger partial charge is 0.241 e. The number of alkyl halides is 1. The molecule has 1 aromatic carbocycles. The number of hydrogen-bond donors (Lipinski definition) is 0. The molecule has 0 saturated carbocycles. The minimum absolute atomic E-state index is 0.182. The number of aromatic nitrogens is 2. The van der Waals surface area contributed by atoms with E-state index >= 15 is 0 Å². The summed E-state index contributed by atoms with van der Waals surface area (Å²) in [4.78, 5) is 1.45. The van der Waals surface area contributed by atoms with Gasteiger partial charge in [-0.05, 0) is 40.2 Å². The summed E-state index contributed by atoms with van der Waals surface area (Å²) in [5, 5.41) is 4.42. The molecule has 0 radical (unpaired) electrons. The molecule has 0 amide bonds. The molecule has 3 aromatic rings. The molecule has 0 aliphatic rings. The van der Waals surface area contributed by atoms with Crippen molar-refractivity contribution in [3.8, 4) is 5.69 Å². The fourth-order valence-electron chi connectivity index (χ4n) is 1.82. The standard InChI is InChI=1S/C14H10Br2N2S/c15-13-7-6-12(19-13)14(16)10-8-17-18(9-10)11-4-2-1-3-5-11/h1-9,14H. The quantitative estimate of drug-likeness (QED) is 0.556. The van der Waals surface area contributed by atoms with Crippen molar-refractivity contribution in [1.82, 2.24) is 9.78 Å². The van der Waals surface area contributed by atoms with Gasteiger partial charge in [0.15, 0.2) is 0 Å². The van der Waals surface area contributed by atoms with Gasteiger partial charge in [-0.15, -0.1) is 11.3 Å². The molecule has 0 saturated heterocycles. The number of nitrogens with zero attached hydrogens (tertiary/aromatic N) is 2. The van der Waals surface area contributed by atoms with Crippen molar-refractivity contribution in [2.75, 3.05) is 0 Å². The zero-order valence-electron chi connectivity index (χ0n) is 9.83. The minimum atomic E-state index is 0.182. The fraction of sp³-hybridized carbons (Fsp3) is 0.0714. The summed E-state index contributed by atoms with van der Waals surface area (Å²) in [6.07, 6.45) is 3.96. The van der Waals surface area contributed by atoms with E-state index in [4.69, 9.17) is 0 Å². The summed E-state index contributed by atoms with van der Waals surface area (Å²) in [5.74, 6) is 0. The van der Waals surface area contributed by atoms with Gasteiger partial charge in [-0.2, -0.15) is 5.10 Å². The fourth-order valence-corrected chi connectivity index (χ4v) is 3.92. The molecule has 2 nitrogen and oxygen atoms in total. The number of thiophene rings is 1. The van der Waals surface area contributed by atoms with Crippen LogP contribution < -0.4 is 0 Å². The Morgan fingerprint density at radius 1 is 1.11 bits per heavy atom. The summed E-state index contributed by atoms with van der Waals surface area (Å²) in [6.45, 7) is 0. The highest BCUT2D eigenvalue weighted by Crippen LogP contribution is 2.36. The Balaban J connectivity index is 1.89. The van der Waals surface area contributed by atoms with Gasteiger partial charge in [-0.1, -0.05) is 34.1 Å². The van der Waals surface area contributed by atoms with Crippen molar-refractivity contribution < 1.29 is 0 Å². The summed E-state index contributed by atoms with van der Waals surface area (Å²) in [7, 11) is 0. The lowest BCUT2D eigenvalue weighted by Gasteiger charge is -2.04. The second-order valence-corrected chi connectivity index (χ2v) is 7.47. The van der Waals surface area contributed by atoms with Gasteiger partial charge in [-0.3, -0.25) is 0 Å². The topological polar surface area (TPSA) is 17.8 Å². The van der Waals surface area contributed by atoms with E-state index in [9.17, 15) is 0 Å². The van der Waals surface area contributed by atoms with E-state index in [0.29, 0.717) is 0 Å². The van der Waals surface area contributed by atoms with Gasteiger partial charge in [0.2, 0.25) is 0 Å². The summed E-state index contributed by atoms with van der Waals surface area (Å²) in [5.41, 5.74) is 2.22. The Morgan fingerprint density at radius 2 is 1.89 bits per heavy atom. The third kappa shape index (κ3) is 2.83. The van der Waals surface area contributed by atoms with E-state index in [1.165, 1.54) is 4.88 Å². The van der Waals surface area contributed by atoms with Crippen molar-refractivity contribution in [3.63, 3.8) is 0 Å². The highest BCUT2D eigenvalue weighted by molar-refractivity contribution is 9.11. The molecule has 0 aliphatic carbocycles. The Hall–Kier alpha value is -0.910. The second-order valence-electron chi connectivity index (χ2n) is 4.06. The zero-order chi connectivity index (χ0) is 13.2. The Bertz CT molecular complexity index is 676. The molecule has 0 aliphatic heterocycles. The van der Waals surface area contributed by atoms with E-state index in [0.717, 1.165) is 15.0 Å². The lowest BCUT2D eigenvalue weighted by atomic mass is 10.2. The van der Waals surface area contributed by atoms with Gasteiger partial charge in [0, 0.05) is 16.6 Å². The molecule has 96 valence electrons. The van der Waals surface area contributed by atoms with Crippen LogP contribution in [0.1, 0.15) is 15.3 Å². The molecule has 0 spiro atoms. The average Bonchev–Trinajstić information content (AvgIpc) is 3.08. The molecule has 5 heteroatoms. The predicted molar refractivity (Wildman–Crippen MR) is 86.4 cm³/mol. The first-order chi connectivity index (χ1) is 9.24. The van der Waals surface area contributed by atoms with Crippen molar-refractivity contribution in [3.05, 3.63) is 69.1 Å². The minimum Gasteiger partial charge on any atom is -0.241 e. The Labute approximate surface area is 132 Å². The van der Waals surface area contributed by atoms with E-state index in [-0.39, 0.29) is 4.83 Å². The molecule has 0 N–H and O–H groups in total. The van der Waals surface area contributed by atoms with Gasteiger partial charge in [-0.25, -0.2) is 4.68 Å². The van der Waals surface area contributed by atoms with Crippen molar-refractivity contribution >= 4 is 43.2 Å². The summed E-state index contributed by atoms with van der Waals surface area (Å²) >= 11 is 8.95. The summed E-state index contributed by atoms with van der Waals surface area (Å²) in [6, 6.07) is 14.3. The van der Waals surface area contributed by atoms with Crippen LogP contribution in [-0.2, 0) is 0 Å². The molecule has 1 unspecified atom stereocenters. The van der Waals surface area contributed by atoms with Crippen molar-refractivity contribution in [1.29, 1.82) is 0 Å². The van der Waals surface area contributed by atoms with Gasteiger partial charge < -0.3 is 0 Å². The lowest BCUT2D eigenvalue weighted by Crippen LogP contribution is -1.93. The molecule has 0 fully saturated rings. The Kier molecular flexibility index (Phi) is 3.86. The van der Waals surface area contributed by atoms with E-state index in [1.807, 2.05) is 41.2 Å². The maximum absolute atomic E-state index is 4.42. The van der Waals surface area contributed by atoms with Crippen LogP contribution in [0.5, 0.6) is 0 Å². The first-order valence-electron chi connectivity index (χ1n) is 5.73. The first-order valence-corrected chi connectivity index (χ1v) is 8.26. The van der Waals surface area contributed by atoms with Gasteiger partial charge in [0.25, 0.3) is 0 Å². The van der Waals surface area contributed by atoms with Gasteiger partial charge in [0.1, 0.15) is 0 Å². The van der Waals surface area contributed by atoms with Crippen LogP contribution in [0, 0.1) is 0 Å². The van der Waals surface area contributed by atoms with Crippen LogP contribution in [0.25, 0.3) is 5.69 Å². The third-order valence-electron chi connectivity index (χ3n) is 2.76. The van der Waals surface area contributed by atoms with Crippen LogP contribution in [0.15, 0.2) is 58.6 Å². The van der Waals surface area contributed by atoms with E-state index in [2.05, 4.69) is 55.3 Å². The van der Waals surface area contributed by atoms with Gasteiger partial charge >= 0.3 is 0 Å². The average molecular weight is 398 g/mol. The maximum atomic E-state index is 4.42. The molecule has 2 aromatic heterocycles. The van der Waals surface area contributed by atoms with Crippen LogP contribution in [0.3, 0.4) is 0 Å². The molecule has 3 rings (SSSR count). The number of halogens is 2. The van der Waals surface area contributed by atoms with Crippen LogP contribution in [0.2, 0.25) is 0 Å². The Morgan fingerprint density at radius 3 is 2.58 bits per heavy atom. The number of benzene rings is 1. The molecular weight excluding hydrogens is 388 g/mol. The predicted octanol–water partition coefficient (Wildman–Crippen LogP) is 5.18. The monoisotopic (exact) mass is 396 g/mol. The molecule has 2 heterocycles. The highest BCUT2D eigenvalue weighted by Gasteiger charge is 2.14. The van der Waals surface area contributed by atoms with Crippen LogP contribution in [0.4, 0.5) is 0 Å². The van der Waals surface area contributed by atoms with E-state index in [1.54, 1.807) is 11.3 Å². The normalized spacial score (nSPS) is 12.5.